The summed E-state index contributed by atoms with van der Waals surface area (Å²) in [6.07, 6.45) is 0. The van der Waals surface area contributed by atoms with E-state index in [1.165, 1.54) is 26.9 Å². The van der Waals surface area contributed by atoms with Gasteiger partial charge in [-0.1, -0.05) is 56.3 Å². The fourth-order valence-electron chi connectivity index (χ4n) is 3.48. The number of nitrogens with one attached hydrogen (secondary N) is 1. The summed E-state index contributed by atoms with van der Waals surface area (Å²) in [6.45, 7) is 7.42. The summed E-state index contributed by atoms with van der Waals surface area (Å²) < 4.78 is 15.3. The topological polar surface area (TPSA) is 52.7 Å². The van der Waals surface area contributed by atoms with Gasteiger partial charge in [0.2, 0.25) is 0 Å². The molecule has 3 rings (SSSR count). The Morgan fingerprint density at radius 2 is 1.58 bits per heavy atom. The van der Waals surface area contributed by atoms with Gasteiger partial charge in [0.05, 0.1) is 34.1 Å². The number of carbonyl (C=O) groups excluding carboxylic acids is 2. The lowest BCUT2D eigenvalue weighted by Gasteiger charge is -2.20. The average Bonchev–Trinajstić information content (AvgIpc) is 2.85. The summed E-state index contributed by atoms with van der Waals surface area (Å²) in [7, 11) is 0. The van der Waals surface area contributed by atoms with Crippen molar-refractivity contribution < 1.29 is 14.0 Å². The van der Waals surface area contributed by atoms with Crippen molar-refractivity contribution >= 4 is 40.4 Å². The Morgan fingerprint density at radius 3 is 2.27 bits per heavy atom. The Labute approximate surface area is 208 Å². The van der Waals surface area contributed by atoms with Crippen molar-refractivity contribution in [2.45, 2.75) is 26.9 Å². The van der Waals surface area contributed by atoms with Crippen LogP contribution in [0.5, 0.6) is 0 Å². The van der Waals surface area contributed by atoms with E-state index in [-0.39, 0.29) is 11.5 Å². The van der Waals surface area contributed by atoms with E-state index in [2.05, 4.69) is 30.1 Å². The number of hydrogen-bond donors (Lipinski definition) is 1. The molecular weight excluding hydrogens is 532 g/mol. The van der Waals surface area contributed by atoms with E-state index in [0.717, 1.165) is 25.2 Å². The van der Waals surface area contributed by atoms with Gasteiger partial charge >= 0.3 is 0 Å². The maximum atomic E-state index is 14.0. The summed E-state index contributed by atoms with van der Waals surface area (Å²) in [6, 6.07) is 20.7. The molecule has 0 bridgehead atoms. The first kappa shape index (κ1) is 24.9. The lowest BCUT2D eigenvalue weighted by molar-refractivity contribution is 0.0949. The van der Waals surface area contributed by atoms with Gasteiger partial charge in [0.15, 0.2) is 0 Å². The Hall–Kier alpha value is -2.78. The van der Waals surface area contributed by atoms with Gasteiger partial charge in [-0.3, -0.25) is 14.5 Å². The quantitative estimate of drug-likeness (QED) is 0.275. The lowest BCUT2D eigenvalue weighted by atomic mass is 10.1. The van der Waals surface area contributed by atoms with Gasteiger partial charge in [-0.25, -0.2) is 7.50 Å². The second kappa shape index (κ2) is 11.9. The molecule has 5 nitrogen and oxygen atoms in total. The molecule has 2 amide bonds. The number of nitrogens with zero attached hydrogens (tertiary/aromatic N) is 2. The van der Waals surface area contributed by atoms with Gasteiger partial charge in [-0.05, 0) is 54.5 Å². The maximum absolute atomic E-state index is 14.0. The van der Waals surface area contributed by atoms with Crippen molar-refractivity contribution in [2.24, 2.45) is 0 Å². The van der Waals surface area contributed by atoms with Crippen LogP contribution in [-0.2, 0) is 13.1 Å². The summed E-state index contributed by atoms with van der Waals surface area (Å²) in [4.78, 5) is 27.9. The summed E-state index contributed by atoms with van der Waals surface area (Å²) in [5.41, 5.74) is 3.16. The van der Waals surface area contributed by atoms with E-state index in [1.807, 2.05) is 41.1 Å². The molecule has 0 aromatic heterocycles. The molecule has 7 heteroatoms. The van der Waals surface area contributed by atoms with Crippen LogP contribution in [0.2, 0.25) is 0 Å². The molecule has 0 saturated heterocycles. The molecule has 0 aliphatic carbocycles. The highest BCUT2D eigenvalue weighted by Gasteiger charge is 2.19. The SMILES string of the molecule is CCN(CC)Cc1ccccc1CNC(=O)c1cccc(N(I)C(=O)c2ccccc2F)c1. The van der Waals surface area contributed by atoms with E-state index in [1.54, 1.807) is 30.3 Å². The van der Waals surface area contributed by atoms with E-state index >= 15 is 0 Å². The minimum Gasteiger partial charge on any atom is -0.348 e. The molecule has 172 valence electrons. The van der Waals surface area contributed by atoms with E-state index in [0.29, 0.717) is 17.8 Å². The first-order valence-corrected chi connectivity index (χ1v) is 11.8. The van der Waals surface area contributed by atoms with Gasteiger partial charge in [0.25, 0.3) is 11.8 Å². The molecule has 1 N–H and O–H groups in total. The molecule has 0 aliphatic rings. The molecule has 0 spiro atoms. The van der Waals surface area contributed by atoms with E-state index < -0.39 is 11.7 Å². The monoisotopic (exact) mass is 559 g/mol. The largest absolute Gasteiger partial charge is 0.348 e. The molecule has 0 fully saturated rings. The van der Waals surface area contributed by atoms with E-state index in [9.17, 15) is 14.0 Å². The first-order chi connectivity index (χ1) is 15.9. The molecular formula is C26H27FIN3O2. The van der Waals surface area contributed by atoms with Crippen LogP contribution in [0.1, 0.15) is 45.7 Å². The number of carbonyl (C=O) groups is 2. The van der Waals surface area contributed by atoms with Crippen LogP contribution < -0.4 is 8.43 Å². The number of benzene rings is 3. The third-order valence-corrected chi connectivity index (χ3v) is 6.46. The van der Waals surface area contributed by atoms with Gasteiger partial charge < -0.3 is 5.32 Å². The number of rotatable bonds is 9. The zero-order valence-electron chi connectivity index (χ0n) is 18.7. The Balaban J connectivity index is 1.71. The first-order valence-electron chi connectivity index (χ1n) is 10.9. The third kappa shape index (κ3) is 6.39. The van der Waals surface area contributed by atoms with Crippen LogP contribution in [0, 0.1) is 5.82 Å². The van der Waals surface area contributed by atoms with Crippen molar-refractivity contribution in [3.8, 4) is 0 Å². The minimum absolute atomic E-state index is 0.0217. The molecule has 3 aromatic carbocycles. The van der Waals surface area contributed by atoms with Gasteiger partial charge in [-0.2, -0.15) is 0 Å². The highest BCUT2D eigenvalue weighted by Crippen LogP contribution is 2.24. The second-order valence-corrected chi connectivity index (χ2v) is 8.49. The fraction of sp³-hybridized carbons (Fsp3) is 0.231. The Morgan fingerprint density at radius 1 is 0.909 bits per heavy atom. The number of amides is 2. The van der Waals surface area contributed by atoms with Crippen LogP contribution in [-0.4, -0.2) is 29.8 Å². The van der Waals surface area contributed by atoms with Gasteiger partial charge in [0, 0.05) is 18.7 Å². The van der Waals surface area contributed by atoms with Crippen LogP contribution in [0.3, 0.4) is 0 Å². The predicted molar refractivity (Wildman–Crippen MR) is 138 cm³/mol. The van der Waals surface area contributed by atoms with Crippen molar-refractivity contribution in [2.75, 3.05) is 16.2 Å². The normalized spacial score (nSPS) is 10.8. The van der Waals surface area contributed by atoms with Crippen molar-refractivity contribution in [3.05, 3.63) is 101 Å². The zero-order chi connectivity index (χ0) is 23.8. The standard InChI is InChI=1S/C26H27FIN3O2/c1-3-30(4-2)18-21-11-6-5-10-20(21)17-29-25(32)19-12-9-13-22(16-19)31(28)26(33)23-14-7-8-15-24(23)27/h5-16H,3-4,17-18H2,1-2H3,(H,29,32). The predicted octanol–water partition coefficient (Wildman–Crippen LogP) is 5.59. The van der Waals surface area contributed by atoms with Crippen LogP contribution in [0.4, 0.5) is 10.1 Å². The molecule has 0 saturated carbocycles. The average molecular weight is 559 g/mol. The highest BCUT2D eigenvalue weighted by atomic mass is 127. The molecule has 0 heterocycles. The molecule has 0 unspecified atom stereocenters. The Bertz CT molecular complexity index is 1120. The third-order valence-electron chi connectivity index (χ3n) is 5.46. The molecule has 0 atom stereocenters. The fourth-order valence-corrected chi connectivity index (χ4v) is 4.04. The minimum atomic E-state index is -0.582. The van der Waals surface area contributed by atoms with Crippen molar-refractivity contribution in [1.29, 1.82) is 0 Å². The number of halogens is 2. The molecule has 33 heavy (non-hydrogen) atoms. The van der Waals surface area contributed by atoms with Crippen LogP contribution in [0.15, 0.2) is 72.8 Å². The van der Waals surface area contributed by atoms with Crippen molar-refractivity contribution in [3.63, 3.8) is 0 Å². The van der Waals surface area contributed by atoms with Gasteiger partial charge in [0.1, 0.15) is 5.82 Å². The van der Waals surface area contributed by atoms with Crippen LogP contribution >= 0.6 is 22.9 Å². The summed E-state index contributed by atoms with van der Waals surface area (Å²) in [5.74, 6) is -1.31. The summed E-state index contributed by atoms with van der Waals surface area (Å²) >= 11 is 1.83. The molecule has 0 aliphatic heterocycles. The summed E-state index contributed by atoms with van der Waals surface area (Å²) in [5, 5.41) is 2.98. The molecule has 3 aromatic rings. The number of anilines is 1. The maximum Gasteiger partial charge on any atom is 0.270 e. The number of hydrogen-bond acceptors (Lipinski definition) is 3. The van der Waals surface area contributed by atoms with Gasteiger partial charge in [-0.15, -0.1) is 0 Å². The smallest absolute Gasteiger partial charge is 0.270 e. The lowest BCUT2D eigenvalue weighted by Crippen LogP contribution is -2.26. The zero-order valence-corrected chi connectivity index (χ0v) is 20.9. The second-order valence-electron chi connectivity index (χ2n) is 7.53. The Kier molecular flexibility index (Phi) is 8.96. The van der Waals surface area contributed by atoms with Crippen LogP contribution in [0.25, 0.3) is 0 Å². The van der Waals surface area contributed by atoms with E-state index in [4.69, 9.17) is 0 Å². The molecule has 0 radical (unpaired) electrons. The highest BCUT2D eigenvalue weighted by molar-refractivity contribution is 14.1. The van der Waals surface area contributed by atoms with Crippen molar-refractivity contribution in [1.82, 2.24) is 10.2 Å².